The summed E-state index contributed by atoms with van der Waals surface area (Å²) in [5.41, 5.74) is 2.63. The molecule has 1 N–H and O–H groups in total. The Labute approximate surface area is 183 Å². The lowest BCUT2D eigenvalue weighted by molar-refractivity contribution is -0.384. The van der Waals surface area contributed by atoms with Crippen molar-refractivity contribution in [3.8, 4) is 0 Å². The number of carbonyl (C=O) groups excluding carboxylic acids is 1. The number of nitro benzene ring substituents is 1. The van der Waals surface area contributed by atoms with E-state index in [0.717, 1.165) is 19.5 Å². The van der Waals surface area contributed by atoms with Crippen molar-refractivity contribution in [3.63, 3.8) is 0 Å². The maximum atomic E-state index is 12.7. The molecule has 1 aliphatic heterocycles. The van der Waals surface area contributed by atoms with E-state index in [2.05, 4.69) is 40.5 Å². The van der Waals surface area contributed by atoms with E-state index in [4.69, 9.17) is 11.6 Å². The highest BCUT2D eigenvalue weighted by molar-refractivity contribution is 7.10. The second-order valence-electron chi connectivity index (χ2n) is 7.15. The highest BCUT2D eigenvalue weighted by Gasteiger charge is 2.26. The zero-order chi connectivity index (χ0) is 21.1. The molecule has 30 heavy (non-hydrogen) atoms. The molecule has 8 heteroatoms. The first-order valence-electron chi connectivity index (χ1n) is 9.59. The molecule has 2 heterocycles. The summed E-state index contributed by atoms with van der Waals surface area (Å²) in [6, 6.07) is 16.7. The molecule has 1 amide bonds. The number of nitrogens with one attached hydrogen (secondary N) is 1. The molecule has 1 atom stereocenters. The average Bonchev–Trinajstić information content (AvgIpc) is 3.28. The average molecular weight is 442 g/mol. The van der Waals surface area contributed by atoms with Crippen molar-refractivity contribution in [3.05, 3.63) is 96.7 Å². The molecular formula is C22H20ClN3O3S. The number of hydrogen-bond donors (Lipinski definition) is 1. The van der Waals surface area contributed by atoms with E-state index in [1.807, 2.05) is 11.4 Å². The van der Waals surface area contributed by atoms with Crippen LogP contribution in [-0.2, 0) is 13.0 Å². The van der Waals surface area contributed by atoms with Gasteiger partial charge in [-0.2, -0.15) is 0 Å². The fraction of sp³-hybridized carbons (Fsp3) is 0.227. The van der Waals surface area contributed by atoms with E-state index in [0.29, 0.717) is 6.54 Å². The summed E-state index contributed by atoms with van der Waals surface area (Å²) in [6.45, 7) is 2.14. The molecule has 1 aromatic heterocycles. The Morgan fingerprint density at radius 1 is 1.20 bits per heavy atom. The number of nitrogens with zero attached hydrogens (tertiary/aromatic N) is 2. The SMILES string of the molecule is O=C(NC[C@@H](c1cccs1)N1CCc2ccccc2C1)c1ccc(Cl)c([N+](=O)[O-])c1. The van der Waals surface area contributed by atoms with Crippen LogP contribution in [0.15, 0.2) is 60.0 Å². The number of nitro groups is 1. The first-order valence-corrected chi connectivity index (χ1v) is 10.8. The van der Waals surface area contributed by atoms with Gasteiger partial charge in [0.05, 0.1) is 11.0 Å². The molecule has 0 bridgehead atoms. The zero-order valence-electron chi connectivity index (χ0n) is 16.1. The van der Waals surface area contributed by atoms with Crippen LogP contribution in [0.2, 0.25) is 5.02 Å². The van der Waals surface area contributed by atoms with Gasteiger partial charge in [-0.1, -0.05) is 41.9 Å². The van der Waals surface area contributed by atoms with Crippen molar-refractivity contribution in [2.75, 3.05) is 13.1 Å². The van der Waals surface area contributed by atoms with Crippen LogP contribution in [0.5, 0.6) is 0 Å². The first-order chi connectivity index (χ1) is 14.5. The van der Waals surface area contributed by atoms with Crippen LogP contribution in [0, 0.1) is 10.1 Å². The van der Waals surface area contributed by atoms with Gasteiger partial charge in [-0.25, -0.2) is 0 Å². The predicted molar refractivity (Wildman–Crippen MR) is 118 cm³/mol. The van der Waals surface area contributed by atoms with Crippen LogP contribution < -0.4 is 5.32 Å². The standard InChI is InChI=1S/C22H20ClN3O3S/c23-18-8-7-16(12-19(18)26(28)29)22(27)24-13-20(21-6-3-11-30-21)25-10-9-15-4-1-2-5-17(15)14-25/h1-8,11-12,20H,9-10,13-14H2,(H,24,27)/t20-/m0/s1. The van der Waals surface area contributed by atoms with E-state index < -0.39 is 4.92 Å². The Bertz CT molecular complexity index is 1070. The van der Waals surface area contributed by atoms with Crippen molar-refractivity contribution in [1.82, 2.24) is 10.2 Å². The fourth-order valence-electron chi connectivity index (χ4n) is 3.76. The minimum atomic E-state index is -0.585. The van der Waals surface area contributed by atoms with Crippen LogP contribution >= 0.6 is 22.9 Å². The third-order valence-electron chi connectivity index (χ3n) is 5.33. The van der Waals surface area contributed by atoms with Gasteiger partial charge in [-0.3, -0.25) is 19.8 Å². The maximum absolute atomic E-state index is 12.7. The molecule has 4 rings (SSSR count). The molecule has 0 radical (unpaired) electrons. The van der Waals surface area contributed by atoms with Gasteiger partial charge in [0, 0.05) is 36.1 Å². The topological polar surface area (TPSA) is 75.5 Å². The fourth-order valence-corrected chi connectivity index (χ4v) is 4.81. The molecule has 0 aliphatic carbocycles. The third kappa shape index (κ3) is 4.38. The number of halogens is 1. The highest BCUT2D eigenvalue weighted by Crippen LogP contribution is 2.30. The summed E-state index contributed by atoms with van der Waals surface area (Å²) in [4.78, 5) is 26.8. The van der Waals surface area contributed by atoms with Crippen LogP contribution in [0.3, 0.4) is 0 Å². The number of amides is 1. The smallest absolute Gasteiger partial charge is 0.288 e. The quantitative estimate of drug-likeness (QED) is 0.438. The predicted octanol–water partition coefficient (Wildman–Crippen LogP) is 4.84. The van der Waals surface area contributed by atoms with Gasteiger partial charge in [0.2, 0.25) is 0 Å². The molecule has 0 saturated heterocycles. The number of thiophene rings is 1. The van der Waals surface area contributed by atoms with Gasteiger partial charge < -0.3 is 5.32 Å². The van der Waals surface area contributed by atoms with Gasteiger partial charge in [0.1, 0.15) is 5.02 Å². The molecule has 0 spiro atoms. The minimum Gasteiger partial charge on any atom is -0.350 e. The molecule has 154 valence electrons. The van der Waals surface area contributed by atoms with E-state index in [1.54, 1.807) is 11.3 Å². The molecule has 6 nitrogen and oxygen atoms in total. The molecular weight excluding hydrogens is 422 g/mol. The number of carbonyl (C=O) groups is 1. The lowest BCUT2D eigenvalue weighted by Crippen LogP contribution is -2.40. The van der Waals surface area contributed by atoms with Crippen LogP contribution in [0.1, 0.15) is 32.4 Å². The number of rotatable bonds is 6. The largest absolute Gasteiger partial charge is 0.350 e. The summed E-state index contributed by atoms with van der Waals surface area (Å²) in [7, 11) is 0. The van der Waals surface area contributed by atoms with Crippen molar-refractivity contribution in [1.29, 1.82) is 0 Å². The normalized spacial score (nSPS) is 14.7. The second-order valence-corrected chi connectivity index (χ2v) is 8.54. The molecule has 1 aliphatic rings. The monoisotopic (exact) mass is 441 g/mol. The second kappa shape index (κ2) is 8.95. The van der Waals surface area contributed by atoms with Gasteiger partial charge in [-0.15, -0.1) is 11.3 Å². The minimum absolute atomic E-state index is 0.0139. The van der Waals surface area contributed by atoms with Crippen LogP contribution in [-0.4, -0.2) is 28.8 Å². The van der Waals surface area contributed by atoms with Crippen LogP contribution in [0.4, 0.5) is 5.69 Å². The summed E-state index contributed by atoms with van der Waals surface area (Å²) in [5, 5.41) is 16.1. The van der Waals surface area contributed by atoms with Crippen LogP contribution in [0.25, 0.3) is 0 Å². The number of benzene rings is 2. The van der Waals surface area contributed by atoms with Gasteiger partial charge >= 0.3 is 0 Å². The number of hydrogen-bond acceptors (Lipinski definition) is 5. The molecule has 0 unspecified atom stereocenters. The zero-order valence-corrected chi connectivity index (χ0v) is 17.7. The summed E-state index contributed by atoms with van der Waals surface area (Å²) in [5.74, 6) is -0.353. The third-order valence-corrected chi connectivity index (χ3v) is 6.63. The van der Waals surface area contributed by atoms with Crippen molar-refractivity contribution < 1.29 is 9.72 Å². The molecule has 0 saturated carbocycles. The van der Waals surface area contributed by atoms with Gasteiger partial charge in [-0.05, 0) is 41.1 Å². The van der Waals surface area contributed by atoms with E-state index in [9.17, 15) is 14.9 Å². The first kappa shape index (κ1) is 20.5. The van der Waals surface area contributed by atoms with Gasteiger partial charge in [0.25, 0.3) is 11.6 Å². The van der Waals surface area contributed by atoms with E-state index in [1.165, 1.54) is 34.2 Å². The lowest BCUT2D eigenvalue weighted by atomic mass is 9.98. The highest BCUT2D eigenvalue weighted by atomic mass is 35.5. The van der Waals surface area contributed by atoms with Gasteiger partial charge in [0.15, 0.2) is 0 Å². The van der Waals surface area contributed by atoms with E-state index >= 15 is 0 Å². The molecule has 2 aromatic carbocycles. The van der Waals surface area contributed by atoms with Crippen molar-refractivity contribution in [2.24, 2.45) is 0 Å². The Hall–Kier alpha value is -2.74. The van der Waals surface area contributed by atoms with Crippen molar-refractivity contribution >= 4 is 34.5 Å². The lowest BCUT2D eigenvalue weighted by Gasteiger charge is -2.35. The summed E-state index contributed by atoms with van der Waals surface area (Å²) in [6.07, 6.45) is 0.968. The summed E-state index contributed by atoms with van der Waals surface area (Å²) < 4.78 is 0. The maximum Gasteiger partial charge on any atom is 0.288 e. The molecule has 3 aromatic rings. The molecule has 0 fully saturated rings. The Morgan fingerprint density at radius 3 is 2.73 bits per heavy atom. The number of fused-ring (bicyclic) bond motifs is 1. The summed E-state index contributed by atoms with van der Waals surface area (Å²) >= 11 is 7.52. The Balaban J connectivity index is 1.51. The Morgan fingerprint density at radius 2 is 2.00 bits per heavy atom. The Kier molecular flexibility index (Phi) is 6.13. The van der Waals surface area contributed by atoms with E-state index in [-0.39, 0.29) is 28.2 Å². The van der Waals surface area contributed by atoms with Crippen molar-refractivity contribution in [2.45, 2.75) is 19.0 Å².